The van der Waals surface area contributed by atoms with Crippen molar-refractivity contribution in [3.8, 4) is 0 Å². The van der Waals surface area contributed by atoms with Gasteiger partial charge in [0.25, 0.3) is 0 Å². The standard InChI is InChI=1S/C17H15NO4S/c19-15(10-22-17(21)13-7-9-23-11-13)12-3-5-14(6-4-12)18-8-1-2-16(18)20/h3-7,9,11H,1-2,8,10H2. The van der Waals surface area contributed by atoms with Crippen LogP contribution in [0.4, 0.5) is 5.69 Å². The molecule has 0 N–H and O–H groups in total. The molecule has 1 aliphatic rings. The zero-order valence-corrected chi connectivity index (χ0v) is 13.2. The molecule has 23 heavy (non-hydrogen) atoms. The summed E-state index contributed by atoms with van der Waals surface area (Å²) in [5.74, 6) is -0.666. The summed E-state index contributed by atoms with van der Waals surface area (Å²) >= 11 is 1.39. The van der Waals surface area contributed by atoms with Gasteiger partial charge in [-0.2, -0.15) is 11.3 Å². The second-order valence-electron chi connectivity index (χ2n) is 5.21. The van der Waals surface area contributed by atoms with Crippen molar-refractivity contribution < 1.29 is 19.1 Å². The van der Waals surface area contributed by atoms with E-state index in [2.05, 4.69) is 0 Å². The summed E-state index contributed by atoms with van der Waals surface area (Å²) in [5, 5.41) is 3.45. The van der Waals surface area contributed by atoms with Crippen LogP contribution in [-0.4, -0.2) is 30.8 Å². The monoisotopic (exact) mass is 329 g/mol. The molecule has 0 unspecified atom stereocenters. The molecule has 1 aromatic heterocycles. The number of hydrogen-bond acceptors (Lipinski definition) is 5. The van der Waals surface area contributed by atoms with Crippen molar-refractivity contribution in [3.05, 3.63) is 52.2 Å². The third-order valence-electron chi connectivity index (χ3n) is 3.67. The van der Waals surface area contributed by atoms with E-state index >= 15 is 0 Å². The first-order valence-electron chi connectivity index (χ1n) is 7.28. The van der Waals surface area contributed by atoms with Gasteiger partial charge in [0.15, 0.2) is 12.4 Å². The van der Waals surface area contributed by atoms with Crippen molar-refractivity contribution in [2.75, 3.05) is 18.1 Å². The summed E-state index contributed by atoms with van der Waals surface area (Å²) in [5.41, 5.74) is 1.70. The molecule has 1 fully saturated rings. The first kappa shape index (κ1) is 15.4. The molecule has 0 bridgehead atoms. The average molecular weight is 329 g/mol. The van der Waals surface area contributed by atoms with Crippen LogP contribution in [0.25, 0.3) is 0 Å². The van der Waals surface area contributed by atoms with E-state index in [0.717, 1.165) is 12.1 Å². The number of ketones is 1. The number of amides is 1. The van der Waals surface area contributed by atoms with Crippen LogP contribution in [0, 0.1) is 0 Å². The van der Waals surface area contributed by atoms with E-state index in [1.165, 1.54) is 11.3 Å². The fourth-order valence-corrected chi connectivity index (χ4v) is 3.05. The van der Waals surface area contributed by atoms with Gasteiger partial charge in [-0.05, 0) is 42.1 Å². The molecule has 0 atom stereocenters. The van der Waals surface area contributed by atoms with Crippen molar-refractivity contribution >= 4 is 34.7 Å². The lowest BCUT2D eigenvalue weighted by molar-refractivity contribution is -0.117. The fourth-order valence-electron chi connectivity index (χ4n) is 2.43. The van der Waals surface area contributed by atoms with Crippen molar-refractivity contribution in [1.82, 2.24) is 0 Å². The van der Waals surface area contributed by atoms with Crippen LogP contribution in [0.5, 0.6) is 0 Å². The van der Waals surface area contributed by atoms with Crippen molar-refractivity contribution in [2.45, 2.75) is 12.8 Å². The zero-order chi connectivity index (χ0) is 16.2. The molecule has 5 nitrogen and oxygen atoms in total. The number of ether oxygens (including phenoxy) is 1. The third kappa shape index (κ3) is 3.48. The van der Waals surface area contributed by atoms with E-state index in [4.69, 9.17) is 4.74 Å². The zero-order valence-electron chi connectivity index (χ0n) is 12.4. The maximum Gasteiger partial charge on any atom is 0.339 e. The Morgan fingerprint density at radius 2 is 1.91 bits per heavy atom. The fraction of sp³-hybridized carbons (Fsp3) is 0.235. The molecule has 1 saturated heterocycles. The minimum Gasteiger partial charge on any atom is -0.454 e. The normalized spacial score (nSPS) is 14.1. The van der Waals surface area contributed by atoms with E-state index in [-0.39, 0.29) is 18.3 Å². The summed E-state index contributed by atoms with van der Waals surface area (Å²) in [4.78, 5) is 37.2. The number of rotatable bonds is 5. The molecule has 0 spiro atoms. The van der Waals surface area contributed by atoms with Gasteiger partial charge < -0.3 is 9.64 Å². The second kappa shape index (κ2) is 6.75. The van der Waals surface area contributed by atoms with Gasteiger partial charge in [-0.3, -0.25) is 9.59 Å². The molecule has 1 amide bonds. The van der Waals surface area contributed by atoms with Crippen molar-refractivity contribution in [2.24, 2.45) is 0 Å². The molecule has 2 aromatic rings. The molecule has 1 aromatic carbocycles. The maximum atomic E-state index is 12.1. The first-order valence-corrected chi connectivity index (χ1v) is 8.22. The Labute approximate surface area is 137 Å². The van der Waals surface area contributed by atoms with Gasteiger partial charge in [-0.25, -0.2) is 4.79 Å². The Morgan fingerprint density at radius 1 is 1.13 bits per heavy atom. The molecular formula is C17H15NO4S. The number of thiophene rings is 1. The van der Waals surface area contributed by atoms with Crippen LogP contribution in [0.3, 0.4) is 0 Å². The van der Waals surface area contributed by atoms with Crippen LogP contribution in [-0.2, 0) is 9.53 Å². The van der Waals surface area contributed by atoms with Crippen LogP contribution >= 0.6 is 11.3 Å². The van der Waals surface area contributed by atoms with Crippen molar-refractivity contribution in [3.63, 3.8) is 0 Å². The predicted octanol–water partition coefficient (Wildman–Crippen LogP) is 2.91. The molecule has 2 heterocycles. The third-order valence-corrected chi connectivity index (χ3v) is 4.35. The quantitative estimate of drug-likeness (QED) is 0.625. The van der Waals surface area contributed by atoms with Crippen LogP contribution in [0.2, 0.25) is 0 Å². The number of carbonyl (C=O) groups excluding carboxylic acids is 3. The number of nitrogens with zero attached hydrogens (tertiary/aromatic N) is 1. The van der Waals surface area contributed by atoms with Gasteiger partial charge in [0.2, 0.25) is 5.91 Å². The molecule has 6 heteroatoms. The van der Waals surface area contributed by atoms with Gasteiger partial charge in [-0.1, -0.05) is 0 Å². The molecule has 1 aliphatic heterocycles. The van der Waals surface area contributed by atoms with Gasteiger partial charge in [0.1, 0.15) is 0 Å². The summed E-state index contributed by atoms with van der Waals surface area (Å²) < 4.78 is 5.00. The van der Waals surface area contributed by atoms with E-state index in [0.29, 0.717) is 24.1 Å². The number of benzene rings is 1. The highest BCUT2D eigenvalue weighted by Gasteiger charge is 2.21. The molecule has 0 radical (unpaired) electrons. The first-order chi connectivity index (χ1) is 11.1. The van der Waals surface area contributed by atoms with E-state index in [1.54, 1.807) is 46.0 Å². The lowest BCUT2D eigenvalue weighted by atomic mass is 10.1. The van der Waals surface area contributed by atoms with Gasteiger partial charge in [-0.15, -0.1) is 0 Å². The van der Waals surface area contributed by atoms with Gasteiger partial charge in [0.05, 0.1) is 5.56 Å². The smallest absolute Gasteiger partial charge is 0.339 e. The largest absolute Gasteiger partial charge is 0.454 e. The minimum atomic E-state index is -0.501. The number of hydrogen-bond donors (Lipinski definition) is 0. The van der Waals surface area contributed by atoms with Crippen LogP contribution < -0.4 is 4.90 Å². The van der Waals surface area contributed by atoms with E-state index in [9.17, 15) is 14.4 Å². The summed E-state index contributed by atoms with van der Waals surface area (Å²) in [6, 6.07) is 8.46. The summed E-state index contributed by atoms with van der Waals surface area (Å²) in [7, 11) is 0. The average Bonchev–Trinajstić information content (AvgIpc) is 3.24. The second-order valence-corrected chi connectivity index (χ2v) is 5.99. The van der Waals surface area contributed by atoms with Gasteiger partial charge in [0, 0.05) is 29.6 Å². The minimum absolute atomic E-state index is 0.105. The lowest BCUT2D eigenvalue weighted by Crippen LogP contribution is -2.23. The highest BCUT2D eigenvalue weighted by Crippen LogP contribution is 2.21. The predicted molar refractivity (Wildman–Crippen MR) is 87.0 cm³/mol. The number of anilines is 1. The van der Waals surface area contributed by atoms with Crippen molar-refractivity contribution in [1.29, 1.82) is 0 Å². The number of carbonyl (C=O) groups is 3. The highest BCUT2D eigenvalue weighted by molar-refractivity contribution is 7.08. The Hall–Kier alpha value is -2.47. The number of esters is 1. The van der Waals surface area contributed by atoms with E-state index in [1.807, 2.05) is 0 Å². The Kier molecular flexibility index (Phi) is 4.52. The Morgan fingerprint density at radius 3 is 2.52 bits per heavy atom. The molecule has 0 aliphatic carbocycles. The van der Waals surface area contributed by atoms with E-state index < -0.39 is 5.97 Å². The lowest BCUT2D eigenvalue weighted by Gasteiger charge is -2.15. The van der Waals surface area contributed by atoms with Gasteiger partial charge >= 0.3 is 5.97 Å². The molecule has 0 saturated carbocycles. The number of Topliss-reactive ketones (excluding diaryl/α,β-unsaturated/α-hetero) is 1. The molecule has 3 rings (SSSR count). The topological polar surface area (TPSA) is 63.7 Å². The summed E-state index contributed by atoms with van der Waals surface area (Å²) in [6.45, 7) is 0.418. The summed E-state index contributed by atoms with van der Waals surface area (Å²) in [6.07, 6.45) is 1.43. The molecular weight excluding hydrogens is 314 g/mol. The molecule has 118 valence electrons. The Balaban J connectivity index is 1.59. The Bertz CT molecular complexity index is 722. The van der Waals surface area contributed by atoms with Crippen LogP contribution in [0.15, 0.2) is 41.1 Å². The highest BCUT2D eigenvalue weighted by atomic mass is 32.1. The SMILES string of the molecule is O=C(COC(=O)c1ccsc1)c1ccc(N2CCCC2=O)cc1. The van der Waals surface area contributed by atoms with Crippen LogP contribution in [0.1, 0.15) is 33.6 Å². The maximum absolute atomic E-state index is 12.1.